The van der Waals surface area contributed by atoms with Crippen molar-refractivity contribution in [3.63, 3.8) is 0 Å². The van der Waals surface area contributed by atoms with Gasteiger partial charge in [-0.1, -0.05) is 12.1 Å². The second-order valence-electron chi connectivity index (χ2n) is 4.26. The number of hydrogen-bond donors (Lipinski definition) is 1. The van der Waals surface area contributed by atoms with Crippen LogP contribution in [0.25, 0.3) is 0 Å². The maximum Gasteiger partial charge on any atom is 0.131 e. The Balaban J connectivity index is 2.34. The second-order valence-corrected chi connectivity index (χ2v) is 4.26. The highest BCUT2D eigenvalue weighted by atomic mass is 15.4. The summed E-state index contributed by atoms with van der Waals surface area (Å²) in [5.74, 6) is 0.987. The van der Waals surface area contributed by atoms with E-state index in [4.69, 9.17) is 0 Å². The van der Waals surface area contributed by atoms with Gasteiger partial charge in [-0.05, 0) is 19.9 Å². The molecule has 0 bridgehead atoms. The zero-order valence-electron chi connectivity index (χ0n) is 11.2. The molecule has 2 heterocycles. The molecular formula is C12H20N6. The fraction of sp³-hybridized carbons (Fsp3) is 0.583. The van der Waals surface area contributed by atoms with E-state index in [1.807, 2.05) is 34.9 Å². The molecule has 2 aromatic heterocycles. The van der Waals surface area contributed by atoms with E-state index >= 15 is 0 Å². The van der Waals surface area contributed by atoms with E-state index in [0.29, 0.717) is 0 Å². The minimum atomic E-state index is 0.0416. The van der Waals surface area contributed by atoms with Crippen molar-refractivity contribution in [3.05, 3.63) is 30.1 Å². The second kappa shape index (κ2) is 5.77. The van der Waals surface area contributed by atoms with E-state index in [-0.39, 0.29) is 6.04 Å². The summed E-state index contributed by atoms with van der Waals surface area (Å²) in [5.41, 5.74) is 1.06. The smallest absolute Gasteiger partial charge is 0.131 e. The Bertz CT molecular complexity index is 486. The first-order valence-corrected chi connectivity index (χ1v) is 6.36. The van der Waals surface area contributed by atoms with Gasteiger partial charge in [0, 0.05) is 26.0 Å². The summed E-state index contributed by atoms with van der Waals surface area (Å²) >= 11 is 0. The number of hydrogen-bond acceptors (Lipinski definition) is 4. The third kappa shape index (κ3) is 2.43. The van der Waals surface area contributed by atoms with Crippen LogP contribution in [0.1, 0.15) is 37.8 Å². The largest absolute Gasteiger partial charge is 0.336 e. The average molecular weight is 248 g/mol. The summed E-state index contributed by atoms with van der Waals surface area (Å²) in [5, 5.41) is 11.6. The van der Waals surface area contributed by atoms with Crippen molar-refractivity contribution in [1.29, 1.82) is 0 Å². The van der Waals surface area contributed by atoms with Crippen LogP contribution in [-0.2, 0) is 13.6 Å². The normalized spacial score (nSPS) is 12.8. The number of nitrogens with one attached hydrogen (secondary N) is 1. The highest BCUT2D eigenvalue weighted by Gasteiger charge is 2.21. The molecule has 0 radical (unpaired) electrons. The van der Waals surface area contributed by atoms with E-state index in [1.54, 1.807) is 0 Å². The maximum absolute atomic E-state index is 4.43. The number of aromatic nitrogens is 5. The summed E-state index contributed by atoms with van der Waals surface area (Å²) in [6, 6.07) is 0.0416. The minimum absolute atomic E-state index is 0.0416. The van der Waals surface area contributed by atoms with Gasteiger partial charge < -0.3 is 9.88 Å². The van der Waals surface area contributed by atoms with Crippen LogP contribution in [-0.4, -0.2) is 31.1 Å². The van der Waals surface area contributed by atoms with Gasteiger partial charge >= 0.3 is 0 Å². The summed E-state index contributed by atoms with van der Waals surface area (Å²) in [6.07, 6.45) is 6.66. The molecule has 0 aliphatic heterocycles. The molecule has 0 amide bonds. The SMILES string of the molecule is CCCNC(c1nccn1C)c1cnnn1CC. The molecule has 18 heavy (non-hydrogen) atoms. The Kier molecular flexibility index (Phi) is 4.09. The van der Waals surface area contributed by atoms with Crippen molar-refractivity contribution in [3.8, 4) is 0 Å². The van der Waals surface area contributed by atoms with Crippen molar-refractivity contribution >= 4 is 0 Å². The first-order chi connectivity index (χ1) is 8.77. The van der Waals surface area contributed by atoms with Crippen LogP contribution in [0, 0.1) is 0 Å². The highest BCUT2D eigenvalue weighted by Crippen LogP contribution is 2.19. The lowest BCUT2D eigenvalue weighted by Crippen LogP contribution is -2.28. The third-order valence-corrected chi connectivity index (χ3v) is 2.96. The summed E-state index contributed by atoms with van der Waals surface area (Å²) in [6.45, 7) is 5.96. The van der Waals surface area contributed by atoms with Gasteiger partial charge in [-0.25, -0.2) is 9.67 Å². The summed E-state index contributed by atoms with van der Waals surface area (Å²) < 4.78 is 3.93. The molecule has 0 aliphatic carbocycles. The van der Waals surface area contributed by atoms with Gasteiger partial charge in [0.1, 0.15) is 11.9 Å². The molecule has 2 aromatic rings. The zero-order chi connectivity index (χ0) is 13.0. The average Bonchev–Trinajstić information content (AvgIpc) is 2.99. The number of rotatable bonds is 6. The molecule has 0 spiro atoms. The molecule has 6 heteroatoms. The molecule has 98 valence electrons. The lowest BCUT2D eigenvalue weighted by atomic mass is 10.2. The number of imidazole rings is 1. The summed E-state index contributed by atoms with van der Waals surface area (Å²) in [7, 11) is 2.00. The fourth-order valence-electron chi connectivity index (χ4n) is 2.01. The maximum atomic E-state index is 4.43. The predicted octanol–water partition coefficient (Wildman–Crippen LogP) is 1.12. The third-order valence-electron chi connectivity index (χ3n) is 2.96. The molecule has 0 saturated carbocycles. The van der Waals surface area contributed by atoms with Gasteiger partial charge in [0.05, 0.1) is 11.9 Å². The van der Waals surface area contributed by atoms with Crippen LogP contribution >= 0.6 is 0 Å². The lowest BCUT2D eigenvalue weighted by molar-refractivity contribution is 0.499. The van der Waals surface area contributed by atoms with Crippen LogP contribution in [0.4, 0.5) is 0 Å². The monoisotopic (exact) mass is 248 g/mol. The van der Waals surface area contributed by atoms with Crippen molar-refractivity contribution in [2.75, 3.05) is 6.54 Å². The van der Waals surface area contributed by atoms with Gasteiger partial charge in [0.2, 0.25) is 0 Å². The zero-order valence-corrected chi connectivity index (χ0v) is 11.2. The van der Waals surface area contributed by atoms with E-state index in [2.05, 4.69) is 34.5 Å². The number of nitrogens with zero attached hydrogens (tertiary/aromatic N) is 5. The Labute approximate surface area is 107 Å². The Morgan fingerprint density at radius 1 is 1.39 bits per heavy atom. The van der Waals surface area contributed by atoms with Crippen LogP contribution < -0.4 is 5.32 Å². The van der Waals surface area contributed by atoms with Gasteiger partial charge in [-0.2, -0.15) is 0 Å². The molecule has 1 unspecified atom stereocenters. The minimum Gasteiger partial charge on any atom is -0.336 e. The van der Waals surface area contributed by atoms with Crippen molar-refractivity contribution < 1.29 is 0 Å². The van der Waals surface area contributed by atoms with Crippen molar-refractivity contribution in [2.45, 2.75) is 32.9 Å². The molecule has 0 fully saturated rings. The van der Waals surface area contributed by atoms with E-state index in [9.17, 15) is 0 Å². The molecule has 1 atom stereocenters. The first-order valence-electron chi connectivity index (χ1n) is 6.36. The molecule has 0 saturated heterocycles. The van der Waals surface area contributed by atoms with Crippen molar-refractivity contribution in [2.24, 2.45) is 7.05 Å². The van der Waals surface area contributed by atoms with Crippen LogP contribution in [0.15, 0.2) is 18.6 Å². The Morgan fingerprint density at radius 3 is 2.83 bits per heavy atom. The molecule has 0 aliphatic rings. The lowest BCUT2D eigenvalue weighted by Gasteiger charge is -2.18. The van der Waals surface area contributed by atoms with Gasteiger partial charge in [0.25, 0.3) is 0 Å². The van der Waals surface area contributed by atoms with Gasteiger partial charge in [-0.15, -0.1) is 5.10 Å². The quantitative estimate of drug-likeness (QED) is 0.832. The number of aryl methyl sites for hydroxylation is 2. The molecule has 2 rings (SSSR count). The van der Waals surface area contributed by atoms with Gasteiger partial charge in [-0.3, -0.25) is 0 Å². The molecular weight excluding hydrogens is 228 g/mol. The fourth-order valence-corrected chi connectivity index (χ4v) is 2.01. The van der Waals surface area contributed by atoms with E-state index in [1.165, 1.54) is 0 Å². The standard InChI is InChI=1S/C12H20N6/c1-4-6-13-11(12-14-7-8-17(12)3)10-9-15-16-18(10)5-2/h7-9,11,13H,4-6H2,1-3H3. The molecule has 1 N–H and O–H groups in total. The topological polar surface area (TPSA) is 60.6 Å². The molecule has 6 nitrogen and oxygen atoms in total. The first kappa shape index (κ1) is 12.8. The van der Waals surface area contributed by atoms with Crippen LogP contribution in [0.2, 0.25) is 0 Å². The van der Waals surface area contributed by atoms with E-state index in [0.717, 1.165) is 31.0 Å². The Morgan fingerprint density at radius 2 is 2.22 bits per heavy atom. The predicted molar refractivity (Wildman–Crippen MR) is 69.0 cm³/mol. The van der Waals surface area contributed by atoms with E-state index < -0.39 is 0 Å². The summed E-state index contributed by atoms with van der Waals surface area (Å²) in [4.78, 5) is 4.43. The van der Waals surface area contributed by atoms with Crippen LogP contribution in [0.5, 0.6) is 0 Å². The molecule has 0 aromatic carbocycles. The Hall–Kier alpha value is -1.69. The van der Waals surface area contributed by atoms with Gasteiger partial charge in [0.15, 0.2) is 0 Å². The highest BCUT2D eigenvalue weighted by molar-refractivity contribution is 5.15. The van der Waals surface area contributed by atoms with Crippen molar-refractivity contribution in [1.82, 2.24) is 29.9 Å². The van der Waals surface area contributed by atoms with Crippen LogP contribution in [0.3, 0.4) is 0 Å².